The van der Waals surface area contributed by atoms with E-state index in [1.165, 1.54) is 56.2 Å². The first-order valence-corrected chi connectivity index (χ1v) is 7.87. The fourth-order valence-electron chi connectivity index (χ4n) is 2.51. The van der Waals surface area contributed by atoms with Crippen molar-refractivity contribution in [2.24, 2.45) is 14.1 Å². The molecule has 1 aromatic heterocycles. The Bertz CT molecular complexity index is 1000. The Morgan fingerprint density at radius 3 is 2.44 bits per heavy atom. The van der Waals surface area contributed by atoms with Crippen LogP contribution in [0.2, 0.25) is 0 Å². The standard InChI is InChI=1S/C18H18F3N3O3/c1-22(10-12-6-4-5-7-14(12)18(19,20)21)15(25)9-8-13-11-23(2)17(27)24(3)16(13)26/h4-9,11H,10H2,1-3H3/b9-8+. The largest absolute Gasteiger partial charge is 0.416 e. The van der Waals surface area contributed by atoms with Gasteiger partial charge in [-0.1, -0.05) is 18.2 Å². The number of aryl methyl sites for hydroxylation is 1. The molecule has 0 aliphatic heterocycles. The molecule has 9 heteroatoms. The van der Waals surface area contributed by atoms with Gasteiger partial charge in [0, 0.05) is 40.0 Å². The molecular weight excluding hydrogens is 363 g/mol. The third kappa shape index (κ3) is 4.55. The summed E-state index contributed by atoms with van der Waals surface area (Å²) in [6, 6.07) is 5.01. The van der Waals surface area contributed by atoms with Crippen LogP contribution >= 0.6 is 0 Å². The number of rotatable bonds is 4. The van der Waals surface area contributed by atoms with E-state index >= 15 is 0 Å². The first-order chi connectivity index (χ1) is 12.5. The molecule has 0 aliphatic rings. The highest BCUT2D eigenvalue weighted by atomic mass is 19.4. The van der Waals surface area contributed by atoms with E-state index in [-0.39, 0.29) is 17.7 Å². The maximum absolute atomic E-state index is 13.0. The highest BCUT2D eigenvalue weighted by molar-refractivity contribution is 5.91. The quantitative estimate of drug-likeness (QED) is 0.759. The molecule has 0 N–H and O–H groups in total. The SMILES string of the molecule is CN(Cc1ccccc1C(F)(F)F)C(=O)/C=C/c1cn(C)c(=O)n(C)c1=O. The molecule has 0 radical (unpaired) electrons. The van der Waals surface area contributed by atoms with E-state index in [0.29, 0.717) is 0 Å². The molecule has 0 bridgehead atoms. The molecule has 27 heavy (non-hydrogen) atoms. The van der Waals surface area contributed by atoms with Crippen LogP contribution in [0.25, 0.3) is 6.08 Å². The number of carbonyl (C=O) groups excluding carboxylic acids is 1. The van der Waals surface area contributed by atoms with Crippen molar-refractivity contribution in [1.82, 2.24) is 14.0 Å². The van der Waals surface area contributed by atoms with Crippen LogP contribution in [0.4, 0.5) is 13.2 Å². The molecule has 144 valence electrons. The molecule has 0 fully saturated rings. The highest BCUT2D eigenvalue weighted by Crippen LogP contribution is 2.32. The second kappa shape index (κ2) is 7.65. The molecule has 0 spiro atoms. The molecular formula is C18H18F3N3O3. The van der Waals surface area contributed by atoms with Gasteiger partial charge in [-0.05, 0) is 17.7 Å². The Morgan fingerprint density at radius 1 is 1.19 bits per heavy atom. The van der Waals surface area contributed by atoms with Gasteiger partial charge in [-0.25, -0.2) is 4.79 Å². The lowest BCUT2D eigenvalue weighted by Crippen LogP contribution is -2.37. The number of amides is 1. The van der Waals surface area contributed by atoms with Gasteiger partial charge in [0.15, 0.2) is 0 Å². The number of aromatic nitrogens is 2. The summed E-state index contributed by atoms with van der Waals surface area (Å²) in [5.74, 6) is -0.581. The number of benzene rings is 1. The maximum atomic E-state index is 13.0. The molecule has 1 aromatic carbocycles. The minimum absolute atomic E-state index is 0.0349. The van der Waals surface area contributed by atoms with E-state index in [2.05, 4.69) is 0 Å². The zero-order valence-corrected chi connectivity index (χ0v) is 14.9. The van der Waals surface area contributed by atoms with Crippen molar-refractivity contribution in [3.8, 4) is 0 Å². The van der Waals surface area contributed by atoms with Gasteiger partial charge in [0.05, 0.1) is 11.1 Å². The van der Waals surface area contributed by atoms with Gasteiger partial charge in [-0.15, -0.1) is 0 Å². The Labute approximate surface area is 152 Å². The number of hydrogen-bond acceptors (Lipinski definition) is 3. The van der Waals surface area contributed by atoms with E-state index in [1.807, 2.05) is 0 Å². The first kappa shape index (κ1) is 20.2. The van der Waals surface area contributed by atoms with E-state index in [4.69, 9.17) is 0 Å². The number of halogens is 3. The Hall–Kier alpha value is -3.10. The van der Waals surface area contributed by atoms with Crippen LogP contribution in [0.1, 0.15) is 16.7 Å². The average molecular weight is 381 g/mol. The Kier molecular flexibility index (Phi) is 5.72. The fraction of sp³-hybridized carbons (Fsp3) is 0.278. The van der Waals surface area contributed by atoms with E-state index < -0.39 is 28.9 Å². The zero-order valence-electron chi connectivity index (χ0n) is 14.9. The van der Waals surface area contributed by atoms with Crippen LogP contribution in [0.15, 0.2) is 46.1 Å². The van der Waals surface area contributed by atoms with Crippen molar-refractivity contribution in [1.29, 1.82) is 0 Å². The van der Waals surface area contributed by atoms with E-state index in [0.717, 1.165) is 21.6 Å². The molecule has 0 saturated heterocycles. The molecule has 1 amide bonds. The summed E-state index contributed by atoms with van der Waals surface area (Å²) < 4.78 is 41.2. The second-order valence-corrected chi connectivity index (χ2v) is 6.02. The van der Waals surface area contributed by atoms with Crippen molar-refractivity contribution in [2.75, 3.05) is 7.05 Å². The monoisotopic (exact) mass is 381 g/mol. The fourth-order valence-corrected chi connectivity index (χ4v) is 2.51. The predicted octanol–water partition coefficient (Wildman–Crippen LogP) is 1.77. The number of carbonyl (C=O) groups is 1. The number of likely N-dealkylation sites (N-methyl/N-ethyl adjacent to an activating group) is 1. The molecule has 6 nitrogen and oxygen atoms in total. The summed E-state index contributed by atoms with van der Waals surface area (Å²) in [4.78, 5) is 37.0. The maximum Gasteiger partial charge on any atom is 0.416 e. The Balaban J connectivity index is 2.22. The highest BCUT2D eigenvalue weighted by Gasteiger charge is 2.33. The van der Waals surface area contributed by atoms with Gasteiger partial charge in [-0.3, -0.25) is 14.2 Å². The molecule has 0 atom stereocenters. The average Bonchev–Trinajstić information content (AvgIpc) is 2.61. The van der Waals surface area contributed by atoms with Gasteiger partial charge in [0.25, 0.3) is 5.56 Å². The van der Waals surface area contributed by atoms with Crippen LogP contribution in [0.3, 0.4) is 0 Å². The van der Waals surface area contributed by atoms with Gasteiger partial charge in [-0.2, -0.15) is 13.2 Å². The minimum atomic E-state index is -4.52. The lowest BCUT2D eigenvalue weighted by Gasteiger charge is -2.19. The summed E-state index contributed by atoms with van der Waals surface area (Å²) in [6.45, 7) is -0.246. The van der Waals surface area contributed by atoms with Gasteiger partial charge < -0.3 is 9.47 Å². The van der Waals surface area contributed by atoms with Crippen LogP contribution < -0.4 is 11.2 Å². The predicted molar refractivity (Wildman–Crippen MR) is 93.9 cm³/mol. The van der Waals surface area contributed by atoms with Gasteiger partial charge in [0.1, 0.15) is 0 Å². The zero-order chi connectivity index (χ0) is 20.4. The van der Waals surface area contributed by atoms with Crippen LogP contribution in [0, 0.1) is 0 Å². The molecule has 0 saturated carbocycles. The summed E-state index contributed by atoms with van der Waals surface area (Å²) in [5.41, 5.74) is -1.82. The summed E-state index contributed by atoms with van der Waals surface area (Å²) in [5, 5.41) is 0. The summed E-state index contributed by atoms with van der Waals surface area (Å²) in [7, 11) is 4.13. The van der Waals surface area contributed by atoms with E-state index in [9.17, 15) is 27.6 Å². The lowest BCUT2D eigenvalue weighted by molar-refractivity contribution is -0.139. The van der Waals surface area contributed by atoms with Gasteiger partial charge in [0.2, 0.25) is 5.91 Å². The van der Waals surface area contributed by atoms with Gasteiger partial charge >= 0.3 is 11.9 Å². The van der Waals surface area contributed by atoms with Crippen molar-refractivity contribution in [3.63, 3.8) is 0 Å². The third-order valence-electron chi connectivity index (χ3n) is 3.98. The molecule has 0 unspecified atom stereocenters. The first-order valence-electron chi connectivity index (χ1n) is 7.87. The molecule has 2 rings (SSSR count). The number of alkyl halides is 3. The van der Waals surface area contributed by atoms with Crippen LogP contribution in [-0.2, 0) is 31.6 Å². The van der Waals surface area contributed by atoms with Crippen molar-refractivity contribution < 1.29 is 18.0 Å². The minimum Gasteiger partial charge on any atom is -0.338 e. The topological polar surface area (TPSA) is 64.3 Å². The summed E-state index contributed by atoms with van der Waals surface area (Å²) >= 11 is 0. The smallest absolute Gasteiger partial charge is 0.338 e. The normalized spacial score (nSPS) is 11.8. The van der Waals surface area contributed by atoms with Crippen molar-refractivity contribution in [2.45, 2.75) is 12.7 Å². The van der Waals surface area contributed by atoms with Crippen LogP contribution in [-0.4, -0.2) is 27.0 Å². The van der Waals surface area contributed by atoms with Crippen molar-refractivity contribution in [3.05, 3.63) is 74.1 Å². The summed E-state index contributed by atoms with van der Waals surface area (Å²) in [6.07, 6.45) is -0.918. The molecule has 1 heterocycles. The second-order valence-electron chi connectivity index (χ2n) is 6.02. The number of nitrogens with zero attached hydrogens (tertiary/aromatic N) is 3. The van der Waals surface area contributed by atoms with E-state index in [1.54, 1.807) is 0 Å². The molecule has 0 aliphatic carbocycles. The van der Waals surface area contributed by atoms with Crippen molar-refractivity contribution >= 4 is 12.0 Å². The lowest BCUT2D eigenvalue weighted by atomic mass is 10.1. The number of hydrogen-bond donors (Lipinski definition) is 0. The third-order valence-corrected chi connectivity index (χ3v) is 3.98. The Morgan fingerprint density at radius 2 is 1.81 bits per heavy atom. The molecule has 2 aromatic rings. The van der Waals surface area contributed by atoms with Crippen LogP contribution in [0.5, 0.6) is 0 Å².